The molecule has 2 rings (SSSR count). The van der Waals surface area contributed by atoms with Crippen LogP contribution in [0.1, 0.15) is 5.56 Å². The van der Waals surface area contributed by atoms with Gasteiger partial charge < -0.3 is 4.98 Å². The molecule has 0 saturated heterocycles. The maximum atomic E-state index is 11.4. The van der Waals surface area contributed by atoms with Gasteiger partial charge in [-0.25, -0.2) is 9.97 Å². The average molecular weight is 207 g/mol. The van der Waals surface area contributed by atoms with Gasteiger partial charge in [0.1, 0.15) is 5.52 Å². The summed E-state index contributed by atoms with van der Waals surface area (Å²) in [5.74, 6) is 0. The van der Waals surface area contributed by atoms with Gasteiger partial charge in [-0.1, -0.05) is 11.8 Å². The number of nitrogens with one attached hydrogen (secondary N) is 1. The Morgan fingerprint density at radius 2 is 2.29 bits per heavy atom. The van der Waals surface area contributed by atoms with Crippen LogP contribution in [-0.2, 0) is 0 Å². The van der Waals surface area contributed by atoms with Gasteiger partial charge in [0.2, 0.25) is 0 Å². The molecule has 0 atom stereocenters. The molecular weight excluding hydrogens is 198 g/mol. The zero-order valence-corrected chi connectivity index (χ0v) is 8.68. The van der Waals surface area contributed by atoms with Gasteiger partial charge >= 0.3 is 0 Å². The largest absolute Gasteiger partial charge is 0.327 e. The van der Waals surface area contributed by atoms with Gasteiger partial charge in [-0.05, 0) is 18.7 Å². The zero-order chi connectivity index (χ0) is 10.1. The van der Waals surface area contributed by atoms with Crippen LogP contribution in [0.3, 0.4) is 0 Å². The number of hydrogen-bond donors (Lipinski definition) is 1. The Morgan fingerprint density at radius 1 is 1.50 bits per heavy atom. The van der Waals surface area contributed by atoms with Gasteiger partial charge in [-0.15, -0.1) is 0 Å². The summed E-state index contributed by atoms with van der Waals surface area (Å²) in [4.78, 5) is 22.4. The summed E-state index contributed by atoms with van der Waals surface area (Å²) in [6, 6.07) is 0. The number of aromatic amines is 1. The van der Waals surface area contributed by atoms with Crippen molar-refractivity contribution in [3.05, 3.63) is 28.3 Å². The summed E-state index contributed by atoms with van der Waals surface area (Å²) in [6.45, 7) is 1.92. The van der Waals surface area contributed by atoms with E-state index in [1.165, 1.54) is 11.8 Å². The van der Waals surface area contributed by atoms with Gasteiger partial charge in [0.25, 0.3) is 5.56 Å². The van der Waals surface area contributed by atoms with Crippen molar-refractivity contribution in [1.82, 2.24) is 15.0 Å². The monoisotopic (exact) mass is 207 g/mol. The van der Waals surface area contributed by atoms with Crippen LogP contribution in [0.5, 0.6) is 0 Å². The lowest BCUT2D eigenvalue weighted by atomic mass is 10.2. The van der Waals surface area contributed by atoms with Crippen LogP contribution >= 0.6 is 11.8 Å². The normalized spacial score (nSPS) is 10.7. The van der Waals surface area contributed by atoms with Crippen LogP contribution in [0.15, 0.2) is 22.3 Å². The van der Waals surface area contributed by atoms with Crippen LogP contribution in [0.25, 0.3) is 10.9 Å². The Morgan fingerprint density at radius 3 is 3.00 bits per heavy atom. The number of nitrogens with zero attached hydrogens (tertiary/aromatic N) is 2. The topological polar surface area (TPSA) is 58.6 Å². The van der Waals surface area contributed by atoms with Gasteiger partial charge in [0.05, 0.1) is 0 Å². The number of hydrogen-bond acceptors (Lipinski definition) is 4. The van der Waals surface area contributed by atoms with E-state index >= 15 is 0 Å². The highest BCUT2D eigenvalue weighted by Crippen LogP contribution is 2.14. The molecule has 2 heterocycles. The molecule has 0 spiro atoms. The highest BCUT2D eigenvalue weighted by atomic mass is 32.2. The van der Waals surface area contributed by atoms with Crippen molar-refractivity contribution in [2.24, 2.45) is 0 Å². The smallest absolute Gasteiger partial charge is 0.274 e. The van der Waals surface area contributed by atoms with Crippen molar-refractivity contribution in [2.75, 3.05) is 6.26 Å². The van der Waals surface area contributed by atoms with Crippen molar-refractivity contribution in [1.29, 1.82) is 0 Å². The SMILES string of the molecule is CSc1ncc2c(C)c[nH]c(=O)c2n1. The second-order valence-corrected chi connectivity index (χ2v) is 3.69. The lowest BCUT2D eigenvalue weighted by Crippen LogP contribution is -2.08. The summed E-state index contributed by atoms with van der Waals surface area (Å²) >= 11 is 1.42. The minimum Gasteiger partial charge on any atom is -0.327 e. The molecule has 0 bridgehead atoms. The number of thioether (sulfide) groups is 1. The molecule has 0 amide bonds. The summed E-state index contributed by atoms with van der Waals surface area (Å²) in [5.41, 5.74) is 1.28. The first-order valence-corrected chi connectivity index (χ1v) is 5.34. The Hall–Kier alpha value is -1.36. The Kier molecular flexibility index (Phi) is 2.25. The number of pyridine rings is 1. The first-order valence-electron chi connectivity index (χ1n) is 4.11. The molecule has 0 radical (unpaired) electrons. The van der Waals surface area contributed by atoms with E-state index in [4.69, 9.17) is 0 Å². The standard InChI is InChI=1S/C9H9N3OS/c1-5-3-10-8(13)7-6(5)4-11-9(12-7)14-2/h3-4H,1-2H3,(H,10,13). The fourth-order valence-electron chi connectivity index (χ4n) is 1.25. The van der Waals surface area contributed by atoms with Crippen molar-refractivity contribution in [2.45, 2.75) is 12.1 Å². The molecule has 0 aliphatic rings. The van der Waals surface area contributed by atoms with Crippen LogP contribution < -0.4 is 5.56 Å². The second-order valence-electron chi connectivity index (χ2n) is 2.92. The molecule has 2 aromatic heterocycles. The minimum atomic E-state index is -0.164. The molecule has 0 fully saturated rings. The molecule has 4 nitrogen and oxygen atoms in total. The van der Waals surface area contributed by atoms with E-state index < -0.39 is 0 Å². The molecule has 5 heteroatoms. The van der Waals surface area contributed by atoms with Gasteiger partial charge in [0.15, 0.2) is 5.16 Å². The van der Waals surface area contributed by atoms with E-state index in [2.05, 4.69) is 15.0 Å². The first kappa shape index (κ1) is 9.21. The third-order valence-corrected chi connectivity index (χ3v) is 2.57. The molecule has 0 unspecified atom stereocenters. The van der Waals surface area contributed by atoms with Crippen LogP contribution in [-0.4, -0.2) is 21.2 Å². The van der Waals surface area contributed by atoms with E-state index in [0.29, 0.717) is 10.7 Å². The molecule has 2 aromatic rings. The van der Waals surface area contributed by atoms with Crippen molar-refractivity contribution in [3.63, 3.8) is 0 Å². The van der Waals surface area contributed by atoms with Crippen LogP contribution in [0.4, 0.5) is 0 Å². The summed E-state index contributed by atoms with van der Waals surface area (Å²) in [7, 11) is 0. The summed E-state index contributed by atoms with van der Waals surface area (Å²) in [5, 5.41) is 1.43. The third kappa shape index (κ3) is 1.39. The highest BCUT2D eigenvalue weighted by Gasteiger charge is 2.04. The van der Waals surface area contributed by atoms with E-state index in [1.807, 2.05) is 13.2 Å². The average Bonchev–Trinajstić information content (AvgIpc) is 2.23. The van der Waals surface area contributed by atoms with Crippen LogP contribution in [0.2, 0.25) is 0 Å². The number of fused-ring (bicyclic) bond motifs is 1. The Balaban J connectivity index is 2.87. The van der Waals surface area contributed by atoms with Crippen molar-refractivity contribution >= 4 is 22.7 Å². The molecule has 0 aromatic carbocycles. The third-order valence-electron chi connectivity index (χ3n) is 2.01. The molecule has 0 aliphatic carbocycles. The quantitative estimate of drug-likeness (QED) is 0.566. The fourth-order valence-corrected chi connectivity index (χ4v) is 1.59. The van der Waals surface area contributed by atoms with E-state index in [1.54, 1.807) is 12.4 Å². The maximum absolute atomic E-state index is 11.4. The zero-order valence-electron chi connectivity index (χ0n) is 7.87. The second kappa shape index (κ2) is 3.42. The lowest BCUT2D eigenvalue weighted by Gasteiger charge is -2.00. The van der Waals surface area contributed by atoms with Gasteiger partial charge in [-0.2, -0.15) is 0 Å². The summed E-state index contributed by atoms with van der Waals surface area (Å²) in [6.07, 6.45) is 5.25. The number of rotatable bonds is 1. The Bertz CT molecular complexity index is 535. The molecule has 0 saturated carbocycles. The van der Waals surface area contributed by atoms with Gasteiger partial charge in [-0.3, -0.25) is 4.79 Å². The van der Waals surface area contributed by atoms with Crippen LogP contribution in [0, 0.1) is 6.92 Å². The lowest BCUT2D eigenvalue weighted by molar-refractivity contribution is 0.994. The minimum absolute atomic E-state index is 0.164. The molecule has 14 heavy (non-hydrogen) atoms. The number of H-pyrrole nitrogens is 1. The van der Waals surface area contributed by atoms with Crippen molar-refractivity contribution < 1.29 is 0 Å². The van der Waals surface area contributed by atoms with E-state index in [9.17, 15) is 4.79 Å². The van der Waals surface area contributed by atoms with Gasteiger partial charge in [0, 0.05) is 17.8 Å². The predicted octanol–water partition coefficient (Wildman–Crippen LogP) is 1.35. The molecule has 0 aliphatic heterocycles. The maximum Gasteiger partial charge on any atom is 0.274 e. The highest BCUT2D eigenvalue weighted by molar-refractivity contribution is 7.98. The fraction of sp³-hybridized carbons (Fsp3) is 0.222. The number of aromatic nitrogens is 3. The molecule has 1 N–H and O–H groups in total. The first-order chi connectivity index (χ1) is 6.72. The number of aryl methyl sites for hydroxylation is 1. The summed E-state index contributed by atoms with van der Waals surface area (Å²) < 4.78 is 0. The van der Waals surface area contributed by atoms with E-state index in [-0.39, 0.29) is 5.56 Å². The predicted molar refractivity (Wildman–Crippen MR) is 56.7 cm³/mol. The Labute approximate surface area is 84.8 Å². The molecule has 72 valence electrons. The van der Waals surface area contributed by atoms with Crippen molar-refractivity contribution in [3.8, 4) is 0 Å². The van der Waals surface area contributed by atoms with E-state index in [0.717, 1.165) is 10.9 Å². The molecular formula is C9H9N3OS.